The maximum absolute atomic E-state index is 11.0. The van der Waals surface area contributed by atoms with Gasteiger partial charge in [-0.3, -0.25) is 4.79 Å². The lowest BCUT2D eigenvalue weighted by atomic mass is 9.97. The molecule has 0 N–H and O–H groups in total. The largest absolute Gasteiger partial charge is 0.359 e. The summed E-state index contributed by atoms with van der Waals surface area (Å²) >= 11 is 0. The SMILES string of the molecule is COCOCCC1=CC(=O)CCC1. The van der Waals surface area contributed by atoms with E-state index in [2.05, 4.69) is 0 Å². The molecule has 3 nitrogen and oxygen atoms in total. The van der Waals surface area contributed by atoms with Crippen molar-refractivity contribution in [3.63, 3.8) is 0 Å². The third-order valence-corrected chi connectivity index (χ3v) is 2.05. The number of methoxy groups -OCH3 is 1. The first kappa shape index (κ1) is 10.4. The molecule has 0 unspecified atom stereocenters. The fourth-order valence-electron chi connectivity index (χ4n) is 1.40. The van der Waals surface area contributed by atoms with Gasteiger partial charge in [0.2, 0.25) is 0 Å². The molecule has 0 atom stereocenters. The summed E-state index contributed by atoms with van der Waals surface area (Å²) in [7, 11) is 1.60. The van der Waals surface area contributed by atoms with E-state index in [0.717, 1.165) is 19.3 Å². The van der Waals surface area contributed by atoms with Crippen LogP contribution >= 0.6 is 0 Å². The van der Waals surface area contributed by atoms with Gasteiger partial charge in [0.1, 0.15) is 6.79 Å². The third-order valence-electron chi connectivity index (χ3n) is 2.05. The maximum Gasteiger partial charge on any atom is 0.155 e. The van der Waals surface area contributed by atoms with Gasteiger partial charge >= 0.3 is 0 Å². The fourth-order valence-corrected chi connectivity index (χ4v) is 1.40. The Bertz CT molecular complexity index is 196. The highest BCUT2D eigenvalue weighted by atomic mass is 16.7. The van der Waals surface area contributed by atoms with Crippen LogP contribution in [0.4, 0.5) is 0 Å². The number of carbonyl (C=O) groups excluding carboxylic acids is 1. The molecule has 0 aromatic carbocycles. The van der Waals surface area contributed by atoms with Crippen molar-refractivity contribution in [1.82, 2.24) is 0 Å². The van der Waals surface area contributed by atoms with Crippen LogP contribution in [0.25, 0.3) is 0 Å². The van der Waals surface area contributed by atoms with Gasteiger partial charge in [0, 0.05) is 13.5 Å². The van der Waals surface area contributed by atoms with Gasteiger partial charge < -0.3 is 9.47 Å². The molecule has 0 aromatic heterocycles. The zero-order valence-corrected chi connectivity index (χ0v) is 8.04. The number of allylic oxidation sites excluding steroid dienone is 1. The van der Waals surface area contributed by atoms with Crippen molar-refractivity contribution in [3.8, 4) is 0 Å². The van der Waals surface area contributed by atoms with E-state index in [4.69, 9.17) is 9.47 Å². The molecule has 0 aliphatic heterocycles. The van der Waals surface area contributed by atoms with E-state index >= 15 is 0 Å². The Morgan fingerprint density at radius 2 is 2.31 bits per heavy atom. The van der Waals surface area contributed by atoms with Gasteiger partial charge in [-0.2, -0.15) is 0 Å². The molecule has 13 heavy (non-hydrogen) atoms. The quantitative estimate of drug-likeness (QED) is 0.481. The average molecular weight is 184 g/mol. The lowest BCUT2D eigenvalue weighted by Gasteiger charge is -2.11. The third kappa shape index (κ3) is 4.20. The molecule has 0 amide bonds. The summed E-state index contributed by atoms with van der Waals surface area (Å²) in [6.07, 6.45) is 5.37. The van der Waals surface area contributed by atoms with E-state index in [0.29, 0.717) is 19.8 Å². The van der Waals surface area contributed by atoms with Gasteiger partial charge in [-0.15, -0.1) is 0 Å². The van der Waals surface area contributed by atoms with Gasteiger partial charge in [-0.05, 0) is 25.3 Å². The predicted molar refractivity (Wildman–Crippen MR) is 49.4 cm³/mol. The normalized spacial score (nSPS) is 17.3. The van der Waals surface area contributed by atoms with Crippen molar-refractivity contribution < 1.29 is 14.3 Å². The summed E-state index contributed by atoms with van der Waals surface area (Å²) in [5, 5.41) is 0. The van der Waals surface area contributed by atoms with Gasteiger partial charge in [-0.1, -0.05) is 5.57 Å². The molecule has 0 saturated carbocycles. The minimum absolute atomic E-state index is 0.257. The second kappa shape index (κ2) is 5.89. The lowest BCUT2D eigenvalue weighted by molar-refractivity contribution is -0.115. The Labute approximate surface area is 78.7 Å². The number of hydrogen-bond donors (Lipinski definition) is 0. The predicted octanol–water partition coefficient (Wildman–Crippen LogP) is 1.68. The molecule has 1 aliphatic carbocycles. The van der Waals surface area contributed by atoms with Crippen LogP contribution in [0.2, 0.25) is 0 Å². The summed E-state index contributed by atoms with van der Waals surface area (Å²) < 4.78 is 9.89. The number of ketones is 1. The van der Waals surface area contributed by atoms with Crippen molar-refractivity contribution in [2.24, 2.45) is 0 Å². The molecule has 0 spiro atoms. The van der Waals surface area contributed by atoms with Crippen LogP contribution in [0.3, 0.4) is 0 Å². The Morgan fingerprint density at radius 3 is 3.00 bits per heavy atom. The van der Waals surface area contributed by atoms with Crippen molar-refractivity contribution in [3.05, 3.63) is 11.6 Å². The average Bonchev–Trinajstić information content (AvgIpc) is 2.13. The smallest absolute Gasteiger partial charge is 0.155 e. The van der Waals surface area contributed by atoms with Crippen LogP contribution in [0, 0.1) is 0 Å². The summed E-state index contributed by atoms with van der Waals surface area (Å²) in [5.41, 5.74) is 1.22. The first-order valence-electron chi connectivity index (χ1n) is 4.62. The minimum Gasteiger partial charge on any atom is -0.359 e. The second-order valence-corrected chi connectivity index (χ2v) is 3.19. The Morgan fingerprint density at radius 1 is 1.46 bits per heavy atom. The molecule has 1 rings (SSSR count). The van der Waals surface area contributed by atoms with Crippen LogP contribution in [0.15, 0.2) is 11.6 Å². The molecular formula is C10H16O3. The number of rotatable bonds is 5. The van der Waals surface area contributed by atoms with E-state index in [1.54, 1.807) is 13.2 Å². The van der Waals surface area contributed by atoms with Gasteiger partial charge in [-0.25, -0.2) is 0 Å². The second-order valence-electron chi connectivity index (χ2n) is 3.19. The topological polar surface area (TPSA) is 35.5 Å². The highest BCUT2D eigenvalue weighted by molar-refractivity contribution is 5.91. The Balaban J connectivity index is 2.16. The number of hydrogen-bond acceptors (Lipinski definition) is 3. The van der Waals surface area contributed by atoms with Crippen molar-refractivity contribution in [1.29, 1.82) is 0 Å². The van der Waals surface area contributed by atoms with Crippen LogP contribution in [-0.4, -0.2) is 26.3 Å². The molecule has 1 aliphatic rings. The van der Waals surface area contributed by atoms with E-state index in [1.165, 1.54) is 5.57 Å². The maximum atomic E-state index is 11.0. The summed E-state index contributed by atoms with van der Waals surface area (Å²) in [6, 6.07) is 0. The monoisotopic (exact) mass is 184 g/mol. The Kier molecular flexibility index (Phi) is 4.72. The van der Waals surface area contributed by atoms with Crippen LogP contribution in [-0.2, 0) is 14.3 Å². The van der Waals surface area contributed by atoms with E-state index < -0.39 is 0 Å². The van der Waals surface area contributed by atoms with Gasteiger partial charge in [0.05, 0.1) is 6.61 Å². The number of carbonyl (C=O) groups is 1. The van der Waals surface area contributed by atoms with E-state index in [9.17, 15) is 4.79 Å². The zero-order valence-electron chi connectivity index (χ0n) is 8.04. The molecule has 0 fully saturated rings. The Hall–Kier alpha value is -0.670. The fraction of sp³-hybridized carbons (Fsp3) is 0.700. The van der Waals surface area contributed by atoms with Crippen LogP contribution in [0.1, 0.15) is 25.7 Å². The molecule has 0 saturated heterocycles. The van der Waals surface area contributed by atoms with Crippen molar-refractivity contribution in [2.45, 2.75) is 25.7 Å². The van der Waals surface area contributed by atoms with Crippen LogP contribution < -0.4 is 0 Å². The summed E-state index contributed by atoms with van der Waals surface area (Å²) in [4.78, 5) is 11.0. The van der Waals surface area contributed by atoms with E-state index in [1.807, 2.05) is 0 Å². The lowest BCUT2D eigenvalue weighted by Crippen LogP contribution is -2.06. The van der Waals surface area contributed by atoms with E-state index in [-0.39, 0.29) is 5.78 Å². The van der Waals surface area contributed by atoms with Crippen molar-refractivity contribution >= 4 is 5.78 Å². The van der Waals surface area contributed by atoms with Crippen LogP contribution in [0.5, 0.6) is 0 Å². The molecule has 3 heteroatoms. The first-order valence-corrected chi connectivity index (χ1v) is 4.62. The van der Waals surface area contributed by atoms with Gasteiger partial charge in [0.15, 0.2) is 5.78 Å². The standard InChI is InChI=1S/C10H16O3/c1-12-8-13-6-5-9-3-2-4-10(11)7-9/h7H,2-6,8H2,1H3. The minimum atomic E-state index is 0.257. The van der Waals surface area contributed by atoms with Gasteiger partial charge in [0.25, 0.3) is 0 Å². The molecule has 0 heterocycles. The molecule has 0 bridgehead atoms. The summed E-state index contributed by atoms with van der Waals surface area (Å²) in [6.45, 7) is 0.980. The van der Waals surface area contributed by atoms with Crippen molar-refractivity contribution in [2.75, 3.05) is 20.5 Å². The number of ether oxygens (including phenoxy) is 2. The molecule has 0 aromatic rings. The highest BCUT2D eigenvalue weighted by Crippen LogP contribution is 2.17. The highest BCUT2D eigenvalue weighted by Gasteiger charge is 2.08. The molecule has 74 valence electrons. The molecular weight excluding hydrogens is 168 g/mol. The first-order chi connectivity index (χ1) is 6.33. The summed E-state index contributed by atoms with van der Waals surface area (Å²) in [5.74, 6) is 0.257. The molecule has 0 radical (unpaired) electrons. The zero-order chi connectivity index (χ0) is 9.52.